The van der Waals surface area contributed by atoms with Crippen molar-refractivity contribution in [2.45, 2.75) is 20.0 Å². The SMILES string of the molecule is CC(C)Oc1ccc(NC(=O)c2cc(Nc3c(F)cccc3F)ncn2)cc1. The van der Waals surface area contributed by atoms with Gasteiger partial charge in [-0.25, -0.2) is 18.7 Å². The Morgan fingerprint density at radius 1 is 1.04 bits per heavy atom. The van der Waals surface area contributed by atoms with Crippen molar-refractivity contribution in [1.29, 1.82) is 0 Å². The average molecular weight is 384 g/mol. The molecule has 0 atom stereocenters. The number of amides is 1. The Kier molecular flexibility index (Phi) is 5.78. The van der Waals surface area contributed by atoms with E-state index in [1.165, 1.54) is 12.1 Å². The Morgan fingerprint density at radius 2 is 1.71 bits per heavy atom. The summed E-state index contributed by atoms with van der Waals surface area (Å²) in [4.78, 5) is 20.2. The number of ether oxygens (including phenoxy) is 1. The summed E-state index contributed by atoms with van der Waals surface area (Å²) in [5.74, 6) is -1.25. The number of hydrogen-bond donors (Lipinski definition) is 2. The predicted octanol–water partition coefficient (Wildman–Crippen LogP) is 4.54. The molecule has 2 N–H and O–H groups in total. The van der Waals surface area contributed by atoms with Gasteiger partial charge >= 0.3 is 0 Å². The van der Waals surface area contributed by atoms with Crippen LogP contribution in [0.5, 0.6) is 5.75 Å². The average Bonchev–Trinajstić information content (AvgIpc) is 2.66. The molecule has 0 aliphatic heterocycles. The molecule has 0 spiro atoms. The minimum absolute atomic E-state index is 0.0387. The van der Waals surface area contributed by atoms with Crippen molar-refractivity contribution in [3.8, 4) is 5.75 Å². The lowest BCUT2D eigenvalue weighted by atomic mass is 10.2. The zero-order chi connectivity index (χ0) is 20.1. The zero-order valence-corrected chi connectivity index (χ0v) is 15.2. The summed E-state index contributed by atoms with van der Waals surface area (Å²) in [6, 6.07) is 11.7. The number of benzene rings is 2. The summed E-state index contributed by atoms with van der Waals surface area (Å²) < 4.78 is 33.1. The molecule has 28 heavy (non-hydrogen) atoms. The van der Waals surface area contributed by atoms with Gasteiger partial charge in [-0.2, -0.15) is 0 Å². The summed E-state index contributed by atoms with van der Waals surface area (Å²) in [7, 11) is 0. The van der Waals surface area contributed by atoms with Gasteiger partial charge in [-0.05, 0) is 50.2 Å². The van der Waals surface area contributed by atoms with Crippen LogP contribution in [0.1, 0.15) is 24.3 Å². The van der Waals surface area contributed by atoms with Crippen molar-refractivity contribution in [1.82, 2.24) is 9.97 Å². The topological polar surface area (TPSA) is 76.1 Å². The van der Waals surface area contributed by atoms with Crippen LogP contribution in [0.3, 0.4) is 0 Å². The summed E-state index contributed by atoms with van der Waals surface area (Å²) >= 11 is 0. The quantitative estimate of drug-likeness (QED) is 0.653. The van der Waals surface area contributed by atoms with Crippen LogP contribution in [0.25, 0.3) is 0 Å². The first kappa shape index (κ1) is 19.2. The van der Waals surface area contributed by atoms with E-state index >= 15 is 0 Å². The number of carbonyl (C=O) groups is 1. The van der Waals surface area contributed by atoms with Crippen LogP contribution in [0.2, 0.25) is 0 Å². The molecule has 8 heteroatoms. The maximum atomic E-state index is 13.8. The third-order valence-corrected chi connectivity index (χ3v) is 3.60. The highest BCUT2D eigenvalue weighted by Crippen LogP contribution is 2.22. The number of halogens is 2. The van der Waals surface area contributed by atoms with Crippen molar-refractivity contribution >= 4 is 23.1 Å². The maximum absolute atomic E-state index is 13.8. The number of nitrogens with one attached hydrogen (secondary N) is 2. The highest BCUT2D eigenvalue weighted by Gasteiger charge is 2.13. The van der Waals surface area contributed by atoms with Crippen LogP contribution in [-0.2, 0) is 0 Å². The van der Waals surface area contributed by atoms with E-state index in [1.54, 1.807) is 24.3 Å². The molecule has 3 rings (SSSR count). The van der Waals surface area contributed by atoms with Crippen molar-refractivity contribution in [3.63, 3.8) is 0 Å². The second-order valence-corrected chi connectivity index (χ2v) is 6.16. The molecule has 1 heterocycles. The molecular weight excluding hydrogens is 366 g/mol. The first-order valence-electron chi connectivity index (χ1n) is 8.53. The molecule has 1 aromatic heterocycles. The molecule has 1 amide bonds. The Hall–Kier alpha value is -3.55. The lowest BCUT2D eigenvalue weighted by Crippen LogP contribution is -2.14. The van der Waals surface area contributed by atoms with Crippen molar-refractivity contribution in [3.05, 3.63) is 72.2 Å². The first-order valence-corrected chi connectivity index (χ1v) is 8.53. The molecule has 6 nitrogen and oxygen atoms in total. The molecule has 0 radical (unpaired) electrons. The molecule has 2 aromatic carbocycles. The Balaban J connectivity index is 1.72. The Morgan fingerprint density at radius 3 is 2.36 bits per heavy atom. The van der Waals surface area contributed by atoms with Crippen LogP contribution < -0.4 is 15.4 Å². The van der Waals surface area contributed by atoms with Crippen molar-refractivity contribution in [2.75, 3.05) is 10.6 Å². The van der Waals surface area contributed by atoms with Crippen molar-refractivity contribution < 1.29 is 18.3 Å². The smallest absolute Gasteiger partial charge is 0.274 e. The van der Waals surface area contributed by atoms with E-state index in [0.29, 0.717) is 11.4 Å². The molecule has 3 aromatic rings. The second kappa shape index (κ2) is 8.43. The van der Waals surface area contributed by atoms with Gasteiger partial charge in [0, 0.05) is 11.8 Å². The van der Waals surface area contributed by atoms with Gasteiger partial charge in [-0.1, -0.05) is 6.07 Å². The van der Waals surface area contributed by atoms with Gasteiger partial charge in [0.05, 0.1) is 6.10 Å². The van der Waals surface area contributed by atoms with Gasteiger partial charge in [-0.15, -0.1) is 0 Å². The number of anilines is 3. The van der Waals surface area contributed by atoms with E-state index in [2.05, 4.69) is 20.6 Å². The number of hydrogen-bond acceptors (Lipinski definition) is 5. The standard InChI is InChI=1S/C20H18F2N4O2/c1-12(2)28-14-8-6-13(7-9-14)25-20(27)17-10-18(24-11-23-17)26-19-15(21)4-3-5-16(19)22/h3-12H,1-2H3,(H,25,27)(H,23,24,26). The monoisotopic (exact) mass is 384 g/mol. The normalized spacial score (nSPS) is 10.6. The number of carbonyl (C=O) groups excluding carboxylic acids is 1. The van der Waals surface area contributed by atoms with Gasteiger partial charge in [0.2, 0.25) is 0 Å². The first-order chi connectivity index (χ1) is 13.4. The zero-order valence-electron chi connectivity index (χ0n) is 15.2. The molecule has 0 unspecified atom stereocenters. The van der Waals surface area contributed by atoms with Gasteiger partial charge < -0.3 is 15.4 Å². The molecule has 144 valence electrons. The lowest BCUT2D eigenvalue weighted by molar-refractivity contribution is 0.102. The fraction of sp³-hybridized carbons (Fsp3) is 0.150. The third kappa shape index (κ3) is 4.79. The van der Waals surface area contributed by atoms with Crippen LogP contribution in [0.15, 0.2) is 54.9 Å². The largest absolute Gasteiger partial charge is 0.491 e. The molecule has 0 saturated heterocycles. The van der Waals surface area contributed by atoms with Crippen molar-refractivity contribution in [2.24, 2.45) is 0 Å². The molecule has 0 saturated carbocycles. The highest BCUT2D eigenvalue weighted by molar-refractivity contribution is 6.03. The van der Waals surface area contributed by atoms with E-state index in [1.807, 2.05) is 13.8 Å². The molecule has 0 fully saturated rings. The summed E-state index contributed by atoms with van der Waals surface area (Å²) in [5.41, 5.74) is 0.236. The fourth-order valence-corrected chi connectivity index (χ4v) is 2.38. The molecule has 0 aliphatic rings. The minimum Gasteiger partial charge on any atom is -0.491 e. The minimum atomic E-state index is -0.770. The Labute approximate surface area is 160 Å². The second-order valence-electron chi connectivity index (χ2n) is 6.16. The molecular formula is C20H18F2N4O2. The van der Waals surface area contributed by atoms with E-state index in [-0.39, 0.29) is 23.3 Å². The van der Waals surface area contributed by atoms with Crippen LogP contribution in [-0.4, -0.2) is 22.0 Å². The Bertz CT molecular complexity index is 958. The van der Waals surface area contributed by atoms with Crippen LogP contribution >= 0.6 is 0 Å². The maximum Gasteiger partial charge on any atom is 0.274 e. The number of rotatable bonds is 6. The van der Waals surface area contributed by atoms with E-state index in [4.69, 9.17) is 4.74 Å². The van der Waals surface area contributed by atoms with Gasteiger partial charge in [-0.3, -0.25) is 4.79 Å². The summed E-state index contributed by atoms with van der Waals surface area (Å²) in [6.45, 7) is 3.84. The van der Waals surface area contributed by atoms with E-state index in [9.17, 15) is 13.6 Å². The number of nitrogens with zero attached hydrogens (tertiary/aromatic N) is 2. The van der Waals surface area contributed by atoms with E-state index < -0.39 is 17.5 Å². The highest BCUT2D eigenvalue weighted by atomic mass is 19.1. The molecule has 0 bridgehead atoms. The summed E-state index contributed by atoms with van der Waals surface area (Å²) in [5, 5.41) is 5.22. The third-order valence-electron chi connectivity index (χ3n) is 3.60. The summed E-state index contributed by atoms with van der Waals surface area (Å²) in [6.07, 6.45) is 1.18. The van der Waals surface area contributed by atoms with E-state index in [0.717, 1.165) is 18.5 Å². The van der Waals surface area contributed by atoms with Gasteiger partial charge in [0.1, 0.15) is 40.9 Å². The van der Waals surface area contributed by atoms with Gasteiger partial charge in [0.25, 0.3) is 5.91 Å². The van der Waals surface area contributed by atoms with Crippen LogP contribution in [0.4, 0.5) is 26.0 Å². The number of para-hydroxylation sites is 1. The number of aromatic nitrogens is 2. The molecule has 0 aliphatic carbocycles. The lowest BCUT2D eigenvalue weighted by Gasteiger charge is -2.11. The fourth-order valence-electron chi connectivity index (χ4n) is 2.38. The predicted molar refractivity (Wildman–Crippen MR) is 102 cm³/mol. The van der Waals surface area contributed by atoms with Crippen LogP contribution in [0, 0.1) is 11.6 Å². The van der Waals surface area contributed by atoms with Gasteiger partial charge in [0.15, 0.2) is 0 Å².